The molecule has 156 valence electrons. The van der Waals surface area contributed by atoms with Crippen molar-refractivity contribution in [1.82, 2.24) is 9.88 Å². The maximum atomic E-state index is 13.3. The lowest BCUT2D eigenvalue weighted by atomic mass is 9.96. The number of hydrogen-bond acceptors (Lipinski definition) is 4. The number of aliphatic hydroxyl groups is 1. The van der Waals surface area contributed by atoms with Crippen LogP contribution in [0.4, 0.5) is 15.8 Å². The molecule has 4 rings (SSSR count). The monoisotopic (exact) mass is 405 g/mol. The molecule has 0 aliphatic carbocycles. The van der Waals surface area contributed by atoms with Crippen LogP contribution in [-0.2, 0) is 13.0 Å². The van der Waals surface area contributed by atoms with Crippen molar-refractivity contribution in [3.05, 3.63) is 77.2 Å². The van der Waals surface area contributed by atoms with Gasteiger partial charge in [0.1, 0.15) is 5.82 Å². The van der Waals surface area contributed by atoms with Crippen LogP contribution in [0.1, 0.15) is 30.5 Å². The first-order valence-corrected chi connectivity index (χ1v) is 10.3. The number of fused-ring (bicyclic) bond motifs is 1. The van der Waals surface area contributed by atoms with E-state index in [0.717, 1.165) is 47.7 Å². The average molecular weight is 406 g/mol. The largest absolute Gasteiger partial charge is 0.389 e. The summed E-state index contributed by atoms with van der Waals surface area (Å²) in [4.78, 5) is 6.54. The van der Waals surface area contributed by atoms with Crippen LogP contribution in [-0.4, -0.2) is 33.7 Å². The van der Waals surface area contributed by atoms with E-state index in [9.17, 15) is 9.50 Å². The van der Waals surface area contributed by atoms with Crippen LogP contribution in [0.2, 0.25) is 0 Å². The number of halogens is 1. The molecule has 0 radical (unpaired) electrons. The Morgan fingerprint density at radius 2 is 2.00 bits per heavy atom. The number of benzene rings is 2. The number of hydrogen-bond donors (Lipinski definition) is 2. The number of aryl methyl sites for hydroxylation is 1. The van der Waals surface area contributed by atoms with Gasteiger partial charge in [-0.2, -0.15) is 0 Å². The predicted molar refractivity (Wildman–Crippen MR) is 119 cm³/mol. The topological polar surface area (TPSA) is 48.4 Å². The van der Waals surface area contributed by atoms with Crippen molar-refractivity contribution in [3.8, 4) is 11.3 Å². The number of rotatable bonds is 5. The zero-order valence-electron chi connectivity index (χ0n) is 17.7. The van der Waals surface area contributed by atoms with Crippen molar-refractivity contribution >= 4 is 11.4 Å². The third kappa shape index (κ3) is 4.69. The first kappa shape index (κ1) is 20.5. The van der Waals surface area contributed by atoms with Gasteiger partial charge in [-0.25, -0.2) is 4.39 Å². The Labute approximate surface area is 177 Å². The molecular weight excluding hydrogens is 377 g/mol. The minimum absolute atomic E-state index is 0.333. The molecule has 0 atom stereocenters. The van der Waals surface area contributed by atoms with E-state index in [1.54, 1.807) is 6.07 Å². The Balaban J connectivity index is 1.58. The molecule has 2 aromatic carbocycles. The average Bonchev–Trinajstić information content (AvgIpc) is 2.69. The van der Waals surface area contributed by atoms with Crippen LogP contribution in [0.5, 0.6) is 0 Å². The molecule has 0 spiro atoms. The number of pyridine rings is 1. The van der Waals surface area contributed by atoms with Crippen molar-refractivity contribution in [1.29, 1.82) is 0 Å². The molecule has 4 nitrogen and oxygen atoms in total. The molecule has 0 amide bonds. The van der Waals surface area contributed by atoms with E-state index < -0.39 is 5.60 Å². The minimum atomic E-state index is -0.694. The van der Waals surface area contributed by atoms with Gasteiger partial charge in [0.05, 0.1) is 17.5 Å². The Bertz CT molecular complexity index is 1040. The summed E-state index contributed by atoms with van der Waals surface area (Å²) in [5.41, 5.74) is 6.86. The highest BCUT2D eigenvalue weighted by Gasteiger charge is 2.23. The Hall–Kier alpha value is -2.76. The molecule has 0 saturated carbocycles. The van der Waals surface area contributed by atoms with E-state index in [1.807, 2.05) is 20.8 Å². The number of nitrogens with zero attached hydrogens (tertiary/aromatic N) is 2. The molecule has 0 unspecified atom stereocenters. The van der Waals surface area contributed by atoms with E-state index in [1.165, 1.54) is 23.4 Å². The first-order chi connectivity index (χ1) is 14.3. The van der Waals surface area contributed by atoms with E-state index in [-0.39, 0.29) is 5.82 Å². The lowest BCUT2D eigenvalue weighted by molar-refractivity contribution is 0.0318. The van der Waals surface area contributed by atoms with Crippen molar-refractivity contribution in [3.63, 3.8) is 0 Å². The van der Waals surface area contributed by atoms with Gasteiger partial charge >= 0.3 is 0 Å². The zero-order valence-corrected chi connectivity index (χ0v) is 17.7. The molecule has 30 heavy (non-hydrogen) atoms. The summed E-state index contributed by atoms with van der Waals surface area (Å²) in [6, 6.07) is 15.7. The third-order valence-electron chi connectivity index (χ3n) is 5.48. The standard InChI is InChI=1S/C25H28FN3O/c1-17-7-9-20(13-22(17)23-10-8-19(26)14-27-23)28-24-6-4-5-18-15-29(12-11-21(18)24)16-25(2,3)30/h4-10,13-14,28,30H,11-12,15-16H2,1-3H3. The number of aromatic nitrogens is 1. The Kier molecular flexibility index (Phi) is 5.58. The van der Waals surface area contributed by atoms with Crippen LogP contribution in [0.25, 0.3) is 11.3 Å². The van der Waals surface area contributed by atoms with Crippen LogP contribution in [0.15, 0.2) is 54.7 Å². The van der Waals surface area contributed by atoms with E-state index in [0.29, 0.717) is 6.54 Å². The van der Waals surface area contributed by atoms with Gasteiger partial charge in [-0.3, -0.25) is 9.88 Å². The van der Waals surface area contributed by atoms with Gasteiger partial charge in [0.15, 0.2) is 0 Å². The molecule has 1 aliphatic rings. The molecule has 1 aromatic heterocycles. The van der Waals surface area contributed by atoms with Crippen molar-refractivity contribution in [2.45, 2.75) is 39.3 Å². The lowest BCUT2D eigenvalue weighted by Crippen LogP contribution is -2.41. The second kappa shape index (κ2) is 8.17. The maximum absolute atomic E-state index is 13.3. The molecule has 0 bridgehead atoms. The Morgan fingerprint density at radius 3 is 2.73 bits per heavy atom. The fourth-order valence-electron chi connectivity index (χ4n) is 4.13. The predicted octanol–water partition coefficient (Wildman–Crippen LogP) is 5.07. The molecule has 1 aliphatic heterocycles. The summed E-state index contributed by atoms with van der Waals surface area (Å²) in [5, 5.41) is 13.7. The number of β-amino-alcohol motifs (C(OH)–C–C–N with tert-alkyl or cyclic N) is 1. The zero-order chi connectivity index (χ0) is 21.3. The van der Waals surface area contributed by atoms with Crippen LogP contribution in [0, 0.1) is 12.7 Å². The summed E-state index contributed by atoms with van der Waals surface area (Å²) in [5.74, 6) is -0.333. The van der Waals surface area contributed by atoms with E-state index >= 15 is 0 Å². The minimum Gasteiger partial charge on any atom is -0.389 e. The van der Waals surface area contributed by atoms with Gasteiger partial charge in [0.25, 0.3) is 0 Å². The van der Waals surface area contributed by atoms with Gasteiger partial charge in [-0.05, 0) is 74.2 Å². The number of anilines is 2. The highest BCUT2D eigenvalue weighted by Crippen LogP contribution is 2.31. The van der Waals surface area contributed by atoms with Gasteiger partial charge in [0, 0.05) is 36.6 Å². The van der Waals surface area contributed by atoms with E-state index in [2.05, 4.69) is 51.6 Å². The normalized spacial score (nSPS) is 14.4. The first-order valence-electron chi connectivity index (χ1n) is 10.3. The van der Waals surface area contributed by atoms with Crippen molar-refractivity contribution in [2.24, 2.45) is 0 Å². The fraction of sp³-hybridized carbons (Fsp3) is 0.320. The maximum Gasteiger partial charge on any atom is 0.141 e. The summed E-state index contributed by atoms with van der Waals surface area (Å²) < 4.78 is 13.3. The third-order valence-corrected chi connectivity index (χ3v) is 5.48. The van der Waals surface area contributed by atoms with Crippen molar-refractivity contribution in [2.75, 3.05) is 18.4 Å². The van der Waals surface area contributed by atoms with Gasteiger partial charge < -0.3 is 10.4 Å². The SMILES string of the molecule is Cc1ccc(Nc2cccc3c2CCN(CC(C)(C)O)C3)cc1-c1ccc(F)cn1. The van der Waals surface area contributed by atoms with Gasteiger partial charge in [0.2, 0.25) is 0 Å². The summed E-state index contributed by atoms with van der Waals surface area (Å²) in [6.07, 6.45) is 2.19. The second-order valence-corrected chi connectivity index (χ2v) is 8.73. The summed E-state index contributed by atoms with van der Waals surface area (Å²) >= 11 is 0. The van der Waals surface area contributed by atoms with Gasteiger partial charge in [-0.1, -0.05) is 18.2 Å². The van der Waals surface area contributed by atoms with Crippen LogP contribution >= 0.6 is 0 Å². The highest BCUT2D eigenvalue weighted by atomic mass is 19.1. The molecule has 2 heterocycles. The second-order valence-electron chi connectivity index (χ2n) is 8.73. The van der Waals surface area contributed by atoms with Crippen LogP contribution in [0.3, 0.4) is 0 Å². The molecule has 3 aromatic rings. The van der Waals surface area contributed by atoms with E-state index in [4.69, 9.17) is 0 Å². The number of nitrogens with one attached hydrogen (secondary N) is 1. The molecule has 2 N–H and O–H groups in total. The molecule has 0 saturated heterocycles. The summed E-state index contributed by atoms with van der Waals surface area (Å²) in [7, 11) is 0. The van der Waals surface area contributed by atoms with Crippen LogP contribution < -0.4 is 5.32 Å². The summed E-state index contributed by atoms with van der Waals surface area (Å²) in [6.45, 7) is 8.17. The highest BCUT2D eigenvalue weighted by molar-refractivity contribution is 5.73. The Morgan fingerprint density at radius 1 is 1.17 bits per heavy atom. The molecular formula is C25H28FN3O. The quantitative estimate of drug-likeness (QED) is 0.622. The van der Waals surface area contributed by atoms with Crippen molar-refractivity contribution < 1.29 is 9.50 Å². The fourth-order valence-corrected chi connectivity index (χ4v) is 4.13. The smallest absolute Gasteiger partial charge is 0.141 e. The molecule has 0 fully saturated rings. The molecule has 5 heteroatoms. The lowest BCUT2D eigenvalue weighted by Gasteiger charge is -2.34. The van der Waals surface area contributed by atoms with Gasteiger partial charge in [-0.15, -0.1) is 0 Å².